The van der Waals surface area contributed by atoms with E-state index in [-0.39, 0.29) is 18.9 Å². The van der Waals surface area contributed by atoms with Crippen LogP contribution in [0.3, 0.4) is 0 Å². The number of anilines is 2. The van der Waals surface area contributed by atoms with Crippen LogP contribution in [0.15, 0.2) is 66.0 Å². The van der Waals surface area contributed by atoms with Gasteiger partial charge >= 0.3 is 18.9 Å². The average molecular weight is 814 g/mol. The molecule has 9 heteroatoms. The smallest absolute Gasteiger partial charge is 0.496 e. The predicted molar refractivity (Wildman–Crippen MR) is 249 cm³/mol. The van der Waals surface area contributed by atoms with Crippen LogP contribution in [0.4, 0.5) is 15.8 Å². The van der Waals surface area contributed by atoms with Crippen LogP contribution in [0.25, 0.3) is 24.3 Å². The number of ether oxygens (including phenoxy) is 2. The van der Waals surface area contributed by atoms with E-state index in [9.17, 15) is 9.18 Å². The van der Waals surface area contributed by atoms with Crippen molar-refractivity contribution in [2.24, 2.45) is 0 Å². The fourth-order valence-electron chi connectivity index (χ4n) is 5.46. The van der Waals surface area contributed by atoms with Crippen LogP contribution >= 0.6 is 22.7 Å². The van der Waals surface area contributed by atoms with Gasteiger partial charge in [-0.05, 0) is 97.8 Å². The third kappa shape index (κ3) is 21.3. The summed E-state index contributed by atoms with van der Waals surface area (Å²) < 4.78 is 26.8. The Labute approximate surface area is 368 Å². The van der Waals surface area contributed by atoms with Crippen LogP contribution in [0.1, 0.15) is 131 Å². The molecule has 0 N–H and O–H groups in total. The standard InChI is InChI=1S/C22H29NO2S.C21H29NOS.C4H9.CH3F.Li/c1-4-6-14-23(15-7-5-2)19-10-8-18(22(16-19)25-3)9-11-20-12-13-21(17-24)26-20;1-4-6-14-22(15-7-5-2)19-12-10-18(21(17-19)23-3)11-13-20-9-8-16-24-20;1-3-4-2;1-2;/h8-13,16-17H,4-7,14-15H2,1-3H3;8-13,16-17H,4-7,14-15H2,1-3H3;1,3-4H2,2H3;1H3;/q;;-1;;+1/b11-9+;;;;/i;;;1D;. The molecular formula is C48H70FLiN2O3S2. The number of nitrogens with zero attached hydrogens (tertiary/aromatic N) is 2. The molecule has 0 bridgehead atoms. The summed E-state index contributed by atoms with van der Waals surface area (Å²) in [5.41, 5.74) is 4.66. The number of unbranched alkanes of at least 4 members (excludes halogenated alkanes) is 5. The van der Waals surface area contributed by atoms with E-state index in [4.69, 9.17) is 10.8 Å². The summed E-state index contributed by atoms with van der Waals surface area (Å²) in [6, 6.07) is 21.0. The zero-order valence-electron chi connectivity index (χ0n) is 37.4. The Morgan fingerprint density at radius 1 is 0.667 bits per heavy atom. The summed E-state index contributed by atoms with van der Waals surface area (Å²) in [4.78, 5) is 18.8. The van der Waals surface area contributed by atoms with Gasteiger partial charge in [0.1, 0.15) is 11.5 Å². The normalized spacial score (nSPS) is 10.6. The minimum Gasteiger partial charge on any atom is -0.496 e. The minimum absolute atomic E-state index is 0. The summed E-state index contributed by atoms with van der Waals surface area (Å²) in [7, 11) is 2.47. The molecule has 0 atom stereocenters. The van der Waals surface area contributed by atoms with Gasteiger partial charge in [-0.25, -0.2) is 0 Å². The van der Waals surface area contributed by atoms with E-state index in [1.165, 1.54) is 85.4 Å². The molecule has 0 saturated carbocycles. The molecule has 0 radical (unpaired) electrons. The maximum absolute atomic E-state index is 10.8. The van der Waals surface area contributed by atoms with Gasteiger partial charge in [0, 0.05) is 70.6 Å². The molecule has 5 nitrogen and oxygen atoms in total. The molecule has 0 aliphatic rings. The first-order valence-corrected chi connectivity index (χ1v) is 22.0. The SMILES string of the molecule is CCCCN(CCCC)c1ccc(/C=C/c2ccc(C=O)s2)c(OC)c1.CCCCN(CCCC)c1ccc(C=Cc2cccs2)c(OC)c1.[2H]CF.[CH2-]CCC.[Li+]. The van der Waals surface area contributed by atoms with Crippen molar-refractivity contribution < 1.29 is 38.9 Å². The Morgan fingerprint density at radius 3 is 1.42 bits per heavy atom. The summed E-state index contributed by atoms with van der Waals surface area (Å²) in [6.45, 7) is 19.1. The number of methoxy groups -OCH3 is 2. The summed E-state index contributed by atoms with van der Waals surface area (Å²) >= 11 is 3.23. The van der Waals surface area contributed by atoms with Crippen LogP contribution < -0.4 is 38.1 Å². The van der Waals surface area contributed by atoms with Crippen molar-refractivity contribution in [3.63, 3.8) is 0 Å². The molecule has 0 aliphatic carbocycles. The van der Waals surface area contributed by atoms with E-state index in [0.717, 1.165) is 71.3 Å². The average Bonchev–Trinajstić information content (AvgIpc) is 3.95. The second-order valence-corrected chi connectivity index (χ2v) is 15.3. The Morgan fingerprint density at radius 2 is 1.09 bits per heavy atom. The number of hydrogen-bond acceptors (Lipinski definition) is 7. The molecule has 0 unspecified atom stereocenters. The maximum atomic E-state index is 10.8. The Hall–Kier alpha value is -3.28. The quantitative estimate of drug-likeness (QED) is 0.0449. The largest absolute Gasteiger partial charge is 1.00 e. The number of alkyl halides is 1. The number of thiophene rings is 2. The number of benzene rings is 2. The van der Waals surface area contributed by atoms with E-state index in [1.807, 2.05) is 24.3 Å². The monoisotopic (exact) mass is 814 g/mol. The third-order valence-corrected chi connectivity index (χ3v) is 10.6. The van der Waals surface area contributed by atoms with Gasteiger partial charge < -0.3 is 26.2 Å². The van der Waals surface area contributed by atoms with Crippen molar-refractivity contribution in [2.75, 3.05) is 57.4 Å². The van der Waals surface area contributed by atoms with Gasteiger partial charge in [0.2, 0.25) is 0 Å². The molecule has 0 fully saturated rings. The number of aldehydes is 1. The molecule has 2 heterocycles. The Balaban J connectivity index is 0.000000952. The van der Waals surface area contributed by atoms with Gasteiger partial charge in [-0.2, -0.15) is 6.42 Å². The summed E-state index contributed by atoms with van der Waals surface area (Å²) in [5, 5.41) is 2.10. The van der Waals surface area contributed by atoms with Crippen molar-refractivity contribution in [3.05, 3.63) is 98.7 Å². The maximum Gasteiger partial charge on any atom is 1.00 e. The van der Waals surface area contributed by atoms with Crippen molar-refractivity contribution in [2.45, 2.75) is 98.8 Å². The molecule has 2 aromatic carbocycles. The molecule has 57 heavy (non-hydrogen) atoms. The van der Waals surface area contributed by atoms with Crippen molar-refractivity contribution >= 4 is 64.6 Å². The van der Waals surface area contributed by atoms with Crippen molar-refractivity contribution in [3.8, 4) is 11.5 Å². The predicted octanol–water partition coefficient (Wildman–Crippen LogP) is 11.7. The summed E-state index contributed by atoms with van der Waals surface area (Å²) in [5.74, 6) is 1.82. The van der Waals surface area contributed by atoms with E-state index < -0.39 is 7.15 Å². The first-order chi connectivity index (χ1) is 27.8. The molecule has 0 amide bonds. The van der Waals surface area contributed by atoms with Crippen LogP contribution in [0, 0.1) is 6.92 Å². The Bertz CT molecular complexity index is 1630. The van der Waals surface area contributed by atoms with Crippen LogP contribution in [-0.4, -0.2) is 53.8 Å². The zero-order valence-corrected chi connectivity index (χ0v) is 38.0. The van der Waals surface area contributed by atoms with Gasteiger partial charge in [-0.1, -0.05) is 72.8 Å². The molecular weight excluding hydrogens is 743 g/mol. The number of halogens is 1. The molecule has 0 spiro atoms. The first kappa shape index (κ1) is 51.7. The summed E-state index contributed by atoms with van der Waals surface area (Å²) in [6.07, 6.45) is 21.2. The minimum atomic E-state index is -1.00. The molecule has 0 aliphatic heterocycles. The van der Waals surface area contributed by atoms with Crippen molar-refractivity contribution in [1.29, 1.82) is 0 Å². The van der Waals surface area contributed by atoms with Gasteiger partial charge in [0.05, 0.1) is 27.6 Å². The topological polar surface area (TPSA) is 42.0 Å². The van der Waals surface area contributed by atoms with Gasteiger partial charge in [0.25, 0.3) is 0 Å². The van der Waals surface area contributed by atoms with Crippen LogP contribution in [-0.2, 0) is 0 Å². The third-order valence-electron chi connectivity index (χ3n) is 8.81. The molecule has 0 saturated heterocycles. The molecule has 2 aromatic heterocycles. The second-order valence-electron chi connectivity index (χ2n) is 13.1. The fraction of sp³-hybridized carbons (Fsp3) is 0.458. The van der Waals surface area contributed by atoms with Crippen LogP contribution in [0.2, 0.25) is 0 Å². The van der Waals surface area contributed by atoms with Crippen molar-refractivity contribution in [1.82, 2.24) is 0 Å². The van der Waals surface area contributed by atoms with Gasteiger partial charge in [-0.3, -0.25) is 9.18 Å². The molecule has 4 rings (SSSR count). The van der Waals surface area contributed by atoms with Gasteiger partial charge in [-0.15, -0.1) is 22.7 Å². The van der Waals surface area contributed by atoms with Gasteiger partial charge in [0.15, 0.2) is 6.29 Å². The van der Waals surface area contributed by atoms with E-state index in [1.54, 1.807) is 25.6 Å². The first-order valence-electron chi connectivity index (χ1n) is 21.0. The number of hydrogen-bond donors (Lipinski definition) is 0. The Kier molecular flexibility index (Phi) is 31.5. The van der Waals surface area contributed by atoms with E-state index >= 15 is 0 Å². The van der Waals surface area contributed by atoms with E-state index in [2.05, 4.69) is 117 Å². The molecule has 4 aromatic rings. The fourth-order valence-corrected chi connectivity index (χ4v) is 6.80. The number of carbonyl (C=O) groups is 1. The molecule has 310 valence electrons. The zero-order chi connectivity index (χ0) is 42.1. The number of rotatable bonds is 22. The van der Waals surface area contributed by atoms with Crippen LogP contribution in [0.5, 0.6) is 11.5 Å². The van der Waals surface area contributed by atoms with E-state index in [0.29, 0.717) is 0 Å². The second kappa shape index (κ2) is 34.7. The number of carbonyl (C=O) groups excluding carboxylic acids is 1.